The van der Waals surface area contributed by atoms with Crippen molar-refractivity contribution < 1.29 is 9.31 Å². The van der Waals surface area contributed by atoms with Gasteiger partial charge in [-0.1, -0.05) is 29.8 Å². The van der Waals surface area contributed by atoms with Crippen LogP contribution >= 0.6 is 0 Å². The number of hydrogen-bond donors (Lipinski definition) is 0. The molecule has 0 spiro atoms. The van der Waals surface area contributed by atoms with Gasteiger partial charge in [-0.2, -0.15) is 0 Å². The van der Waals surface area contributed by atoms with Gasteiger partial charge >= 0.3 is 7.12 Å². The van der Waals surface area contributed by atoms with Crippen molar-refractivity contribution in [3.8, 4) is 0 Å². The first-order valence-corrected chi connectivity index (χ1v) is 4.49. The van der Waals surface area contributed by atoms with Gasteiger partial charge in [-0.05, 0) is 19.3 Å². The summed E-state index contributed by atoms with van der Waals surface area (Å²) >= 11 is 0. The van der Waals surface area contributed by atoms with Gasteiger partial charge in [-0.3, -0.25) is 0 Å². The van der Waals surface area contributed by atoms with Crippen LogP contribution < -0.4 is 5.46 Å². The lowest BCUT2D eigenvalue weighted by Gasteiger charge is -2.10. The second kappa shape index (κ2) is 5.05. The maximum absolute atomic E-state index is 5.41. The van der Waals surface area contributed by atoms with Gasteiger partial charge in [-0.15, -0.1) is 0 Å². The number of aryl methyl sites for hydroxylation is 1. The maximum Gasteiger partial charge on any atom is 0.493 e. The van der Waals surface area contributed by atoms with E-state index in [2.05, 4.69) is 19.1 Å². The number of rotatable bonds is 4. The molecule has 0 atom stereocenters. The van der Waals surface area contributed by atoms with Crippen LogP contribution in [-0.2, 0) is 9.31 Å². The van der Waals surface area contributed by atoms with Crippen molar-refractivity contribution in [3.63, 3.8) is 0 Å². The molecule has 0 saturated carbocycles. The Bertz CT molecular complexity index is 263. The fourth-order valence-electron chi connectivity index (χ4n) is 1.27. The van der Waals surface area contributed by atoms with E-state index >= 15 is 0 Å². The predicted octanol–water partition coefficient (Wildman–Crippen LogP) is 1.37. The van der Waals surface area contributed by atoms with Crippen LogP contribution in [-0.4, -0.2) is 20.8 Å². The largest absolute Gasteiger partial charge is 0.493 e. The average molecular weight is 178 g/mol. The minimum absolute atomic E-state index is 0.232. The molecule has 1 aromatic carbocycles. The highest BCUT2D eigenvalue weighted by molar-refractivity contribution is 6.61. The fourth-order valence-corrected chi connectivity index (χ4v) is 1.27. The summed E-state index contributed by atoms with van der Waals surface area (Å²) in [5.74, 6) is 0. The van der Waals surface area contributed by atoms with Crippen molar-refractivity contribution in [1.29, 1.82) is 0 Å². The molecule has 70 valence electrons. The first kappa shape index (κ1) is 10.3. The molecule has 0 aliphatic carbocycles. The van der Waals surface area contributed by atoms with Gasteiger partial charge in [-0.25, -0.2) is 0 Å². The van der Waals surface area contributed by atoms with E-state index in [-0.39, 0.29) is 7.12 Å². The molecule has 0 aliphatic heterocycles. The summed E-state index contributed by atoms with van der Waals surface area (Å²) in [6, 6.07) is 8.15. The summed E-state index contributed by atoms with van der Waals surface area (Å²) in [6.45, 7) is 4.68. The SMILES string of the molecule is CCOB(OC)c1cccc(C)c1. The standard InChI is InChI=1S/C10H15BO2/c1-4-13-11(12-3)10-7-5-6-9(2)8-10/h5-8H,4H2,1-3H3. The second-order valence-electron chi connectivity index (χ2n) is 2.94. The molecule has 0 amide bonds. The van der Waals surface area contributed by atoms with Crippen LogP contribution in [0.5, 0.6) is 0 Å². The van der Waals surface area contributed by atoms with Crippen molar-refractivity contribution in [3.05, 3.63) is 29.8 Å². The van der Waals surface area contributed by atoms with Gasteiger partial charge in [0.15, 0.2) is 0 Å². The lowest BCUT2D eigenvalue weighted by Crippen LogP contribution is -2.35. The molecule has 2 nitrogen and oxygen atoms in total. The molecule has 0 N–H and O–H groups in total. The van der Waals surface area contributed by atoms with Gasteiger partial charge in [0.1, 0.15) is 0 Å². The molecule has 0 bridgehead atoms. The average Bonchev–Trinajstić information content (AvgIpc) is 2.14. The second-order valence-corrected chi connectivity index (χ2v) is 2.94. The van der Waals surface area contributed by atoms with Gasteiger partial charge < -0.3 is 9.31 Å². The van der Waals surface area contributed by atoms with Crippen LogP contribution in [0.4, 0.5) is 0 Å². The van der Waals surface area contributed by atoms with Crippen molar-refractivity contribution in [2.24, 2.45) is 0 Å². The van der Waals surface area contributed by atoms with E-state index in [1.165, 1.54) is 5.56 Å². The Labute approximate surface area is 80.0 Å². The molecular formula is C10H15BO2. The van der Waals surface area contributed by atoms with E-state index in [0.29, 0.717) is 6.61 Å². The molecule has 0 saturated heterocycles. The molecule has 0 radical (unpaired) electrons. The number of hydrogen-bond acceptors (Lipinski definition) is 2. The summed E-state index contributed by atoms with van der Waals surface area (Å²) in [7, 11) is 1.42. The molecule has 0 heterocycles. The predicted molar refractivity (Wildman–Crippen MR) is 55.2 cm³/mol. The molecule has 0 aliphatic rings. The van der Waals surface area contributed by atoms with Gasteiger partial charge in [0.05, 0.1) is 0 Å². The fraction of sp³-hybridized carbons (Fsp3) is 0.400. The van der Waals surface area contributed by atoms with Crippen LogP contribution in [0.3, 0.4) is 0 Å². The summed E-state index contributed by atoms with van der Waals surface area (Å²) in [4.78, 5) is 0. The highest BCUT2D eigenvalue weighted by atomic mass is 16.6. The van der Waals surface area contributed by atoms with E-state index in [0.717, 1.165) is 5.46 Å². The zero-order chi connectivity index (χ0) is 9.68. The van der Waals surface area contributed by atoms with Crippen molar-refractivity contribution >= 4 is 12.6 Å². The third kappa shape index (κ3) is 2.86. The molecular weight excluding hydrogens is 163 g/mol. The van der Waals surface area contributed by atoms with Gasteiger partial charge in [0.25, 0.3) is 0 Å². The van der Waals surface area contributed by atoms with Crippen molar-refractivity contribution in [2.45, 2.75) is 13.8 Å². The van der Waals surface area contributed by atoms with Gasteiger partial charge in [0, 0.05) is 13.7 Å². The first-order chi connectivity index (χ1) is 6.27. The normalized spacial score (nSPS) is 10.1. The van der Waals surface area contributed by atoms with E-state index in [1.807, 2.05) is 19.1 Å². The van der Waals surface area contributed by atoms with E-state index < -0.39 is 0 Å². The molecule has 13 heavy (non-hydrogen) atoms. The number of benzene rings is 1. The Balaban J connectivity index is 2.78. The Morgan fingerprint density at radius 3 is 2.69 bits per heavy atom. The lowest BCUT2D eigenvalue weighted by molar-refractivity contribution is 0.253. The summed E-state index contributed by atoms with van der Waals surface area (Å²) in [5.41, 5.74) is 2.30. The van der Waals surface area contributed by atoms with Crippen LogP contribution in [0.1, 0.15) is 12.5 Å². The van der Waals surface area contributed by atoms with E-state index in [1.54, 1.807) is 7.11 Å². The summed E-state index contributed by atoms with van der Waals surface area (Å²) in [6.07, 6.45) is 0. The zero-order valence-corrected chi connectivity index (χ0v) is 8.41. The Hall–Kier alpha value is -0.795. The molecule has 0 unspecified atom stereocenters. The minimum Gasteiger partial charge on any atom is -0.410 e. The van der Waals surface area contributed by atoms with E-state index in [9.17, 15) is 0 Å². The van der Waals surface area contributed by atoms with Crippen LogP contribution in [0.2, 0.25) is 0 Å². The Morgan fingerprint density at radius 2 is 2.15 bits per heavy atom. The molecule has 1 rings (SSSR count). The summed E-state index contributed by atoms with van der Waals surface area (Å²) < 4.78 is 10.6. The molecule has 0 fully saturated rings. The Kier molecular flexibility index (Phi) is 3.99. The zero-order valence-electron chi connectivity index (χ0n) is 8.41. The monoisotopic (exact) mass is 178 g/mol. The topological polar surface area (TPSA) is 18.5 Å². The third-order valence-electron chi connectivity index (χ3n) is 1.85. The minimum atomic E-state index is -0.232. The van der Waals surface area contributed by atoms with Gasteiger partial charge in [0.2, 0.25) is 0 Å². The quantitative estimate of drug-likeness (QED) is 0.648. The third-order valence-corrected chi connectivity index (χ3v) is 1.85. The molecule has 3 heteroatoms. The molecule has 0 aromatic heterocycles. The maximum atomic E-state index is 5.41. The highest BCUT2D eigenvalue weighted by Gasteiger charge is 2.18. The van der Waals surface area contributed by atoms with Crippen LogP contribution in [0.25, 0.3) is 0 Å². The van der Waals surface area contributed by atoms with E-state index in [4.69, 9.17) is 9.31 Å². The Morgan fingerprint density at radius 1 is 1.38 bits per heavy atom. The molecule has 1 aromatic rings. The first-order valence-electron chi connectivity index (χ1n) is 4.49. The van der Waals surface area contributed by atoms with Crippen molar-refractivity contribution in [1.82, 2.24) is 0 Å². The smallest absolute Gasteiger partial charge is 0.410 e. The lowest BCUT2D eigenvalue weighted by atomic mass is 9.78. The van der Waals surface area contributed by atoms with Crippen molar-refractivity contribution in [2.75, 3.05) is 13.7 Å². The summed E-state index contributed by atoms with van der Waals surface area (Å²) in [5, 5.41) is 0. The van der Waals surface area contributed by atoms with Crippen LogP contribution in [0.15, 0.2) is 24.3 Å². The highest BCUT2D eigenvalue weighted by Crippen LogP contribution is 1.96. The van der Waals surface area contributed by atoms with Crippen LogP contribution in [0, 0.1) is 6.92 Å².